The van der Waals surface area contributed by atoms with E-state index in [2.05, 4.69) is 4.90 Å². The predicted molar refractivity (Wildman–Crippen MR) is 94.7 cm³/mol. The lowest BCUT2D eigenvalue weighted by Crippen LogP contribution is -2.48. The zero-order valence-electron chi connectivity index (χ0n) is 14.9. The summed E-state index contributed by atoms with van der Waals surface area (Å²) in [6, 6.07) is 5.15. The second kappa shape index (κ2) is 7.79. The van der Waals surface area contributed by atoms with Gasteiger partial charge in [-0.15, -0.1) is 0 Å². The molecule has 2 aliphatic rings. The number of rotatable bonds is 4. The molecule has 0 aliphatic carbocycles. The van der Waals surface area contributed by atoms with Crippen molar-refractivity contribution in [2.45, 2.75) is 25.6 Å². The Hall–Kier alpha value is -1.61. The zero-order chi connectivity index (χ0) is 19.7. The third-order valence-corrected chi connectivity index (χ3v) is 7.04. The van der Waals surface area contributed by atoms with E-state index in [0.717, 1.165) is 17.7 Å². The first-order valence-electron chi connectivity index (χ1n) is 8.99. The van der Waals surface area contributed by atoms with Gasteiger partial charge >= 0.3 is 6.18 Å². The van der Waals surface area contributed by atoms with Crippen molar-refractivity contribution < 1.29 is 26.4 Å². The predicted octanol–water partition coefficient (Wildman–Crippen LogP) is 2.17. The van der Waals surface area contributed by atoms with Crippen molar-refractivity contribution >= 4 is 15.7 Å². The zero-order valence-corrected chi connectivity index (χ0v) is 15.7. The van der Waals surface area contributed by atoms with E-state index >= 15 is 0 Å². The molecule has 0 aromatic heterocycles. The second-order valence-electron chi connectivity index (χ2n) is 7.32. The Morgan fingerprint density at radius 2 is 1.70 bits per heavy atom. The SMILES string of the molecule is O=C(CC1CCS(=O)(=O)C1)N1CCN(Cc2ccc(C(F)(F)F)cc2)CC1. The van der Waals surface area contributed by atoms with Gasteiger partial charge in [-0.3, -0.25) is 9.69 Å². The van der Waals surface area contributed by atoms with Crippen LogP contribution in [0.3, 0.4) is 0 Å². The van der Waals surface area contributed by atoms with Gasteiger partial charge in [0.15, 0.2) is 9.84 Å². The molecule has 1 amide bonds. The molecule has 1 unspecified atom stereocenters. The molecule has 1 atom stereocenters. The molecule has 2 heterocycles. The number of hydrogen-bond donors (Lipinski definition) is 0. The van der Waals surface area contributed by atoms with E-state index < -0.39 is 21.6 Å². The fraction of sp³-hybridized carbons (Fsp3) is 0.611. The highest BCUT2D eigenvalue weighted by molar-refractivity contribution is 7.91. The molecule has 2 fully saturated rings. The molecule has 2 aliphatic heterocycles. The van der Waals surface area contributed by atoms with Crippen LogP contribution < -0.4 is 0 Å². The van der Waals surface area contributed by atoms with Crippen molar-refractivity contribution in [1.82, 2.24) is 9.80 Å². The molecular formula is C18H23F3N2O3S. The Labute approximate surface area is 157 Å². The molecule has 2 saturated heterocycles. The number of sulfone groups is 1. The summed E-state index contributed by atoms with van der Waals surface area (Å²) in [5.74, 6) is 0.192. The van der Waals surface area contributed by atoms with Crippen LogP contribution in [0.4, 0.5) is 13.2 Å². The van der Waals surface area contributed by atoms with E-state index in [0.29, 0.717) is 39.1 Å². The van der Waals surface area contributed by atoms with Crippen LogP contribution in [0.15, 0.2) is 24.3 Å². The Kier molecular flexibility index (Phi) is 5.81. The van der Waals surface area contributed by atoms with Crippen molar-refractivity contribution in [2.75, 3.05) is 37.7 Å². The first-order valence-corrected chi connectivity index (χ1v) is 10.8. The molecule has 1 aromatic carbocycles. The second-order valence-corrected chi connectivity index (χ2v) is 9.55. The number of alkyl halides is 3. The summed E-state index contributed by atoms with van der Waals surface area (Å²) in [7, 11) is -2.98. The van der Waals surface area contributed by atoms with Gasteiger partial charge in [0, 0.05) is 39.1 Å². The number of hydrogen-bond acceptors (Lipinski definition) is 4. The highest BCUT2D eigenvalue weighted by atomic mass is 32.2. The van der Waals surface area contributed by atoms with Crippen LogP contribution in [0.1, 0.15) is 24.0 Å². The van der Waals surface area contributed by atoms with Gasteiger partial charge in [-0.2, -0.15) is 13.2 Å². The monoisotopic (exact) mass is 404 g/mol. The largest absolute Gasteiger partial charge is 0.416 e. The van der Waals surface area contributed by atoms with Gasteiger partial charge in [-0.1, -0.05) is 12.1 Å². The van der Waals surface area contributed by atoms with Gasteiger partial charge in [0.05, 0.1) is 17.1 Å². The number of carbonyl (C=O) groups is 1. The number of benzene rings is 1. The number of carbonyl (C=O) groups excluding carboxylic acids is 1. The first kappa shape index (κ1) is 20.1. The average Bonchev–Trinajstić information content (AvgIpc) is 2.93. The quantitative estimate of drug-likeness (QED) is 0.772. The van der Waals surface area contributed by atoms with Crippen molar-refractivity contribution in [1.29, 1.82) is 0 Å². The maximum absolute atomic E-state index is 12.6. The lowest BCUT2D eigenvalue weighted by molar-refractivity contribution is -0.137. The summed E-state index contributed by atoms with van der Waals surface area (Å²) in [6.07, 6.45) is -3.50. The lowest BCUT2D eigenvalue weighted by Gasteiger charge is -2.35. The van der Waals surface area contributed by atoms with Crippen LogP contribution in [0.2, 0.25) is 0 Å². The van der Waals surface area contributed by atoms with Crippen LogP contribution in [-0.4, -0.2) is 61.8 Å². The minimum absolute atomic E-state index is 0.00807. The van der Waals surface area contributed by atoms with Gasteiger partial charge in [0.25, 0.3) is 0 Å². The first-order chi connectivity index (χ1) is 12.6. The number of halogens is 3. The lowest BCUT2D eigenvalue weighted by atomic mass is 10.0. The van der Waals surface area contributed by atoms with Gasteiger partial charge in [0.1, 0.15) is 0 Å². The summed E-state index contributed by atoms with van der Waals surface area (Å²) >= 11 is 0. The maximum Gasteiger partial charge on any atom is 0.416 e. The molecule has 0 bridgehead atoms. The van der Waals surface area contributed by atoms with Gasteiger partial charge in [0.2, 0.25) is 5.91 Å². The van der Waals surface area contributed by atoms with Crippen molar-refractivity contribution in [2.24, 2.45) is 5.92 Å². The summed E-state index contributed by atoms with van der Waals surface area (Å²) < 4.78 is 60.8. The molecule has 9 heteroatoms. The smallest absolute Gasteiger partial charge is 0.340 e. The van der Waals surface area contributed by atoms with Crippen LogP contribution in [0.5, 0.6) is 0 Å². The maximum atomic E-state index is 12.6. The van der Waals surface area contributed by atoms with E-state index in [1.807, 2.05) is 0 Å². The summed E-state index contributed by atoms with van der Waals surface area (Å²) in [5.41, 5.74) is 0.148. The van der Waals surface area contributed by atoms with Crippen LogP contribution >= 0.6 is 0 Å². The van der Waals surface area contributed by atoms with Crippen molar-refractivity contribution in [3.8, 4) is 0 Å². The molecule has 27 heavy (non-hydrogen) atoms. The van der Waals surface area contributed by atoms with E-state index in [1.165, 1.54) is 12.1 Å². The summed E-state index contributed by atoms with van der Waals surface area (Å²) in [5, 5.41) is 0. The van der Waals surface area contributed by atoms with Crippen LogP contribution in [0, 0.1) is 5.92 Å². The van der Waals surface area contributed by atoms with Crippen molar-refractivity contribution in [3.63, 3.8) is 0 Å². The Morgan fingerprint density at radius 3 is 2.22 bits per heavy atom. The van der Waals surface area contributed by atoms with E-state index in [9.17, 15) is 26.4 Å². The van der Waals surface area contributed by atoms with E-state index in [1.54, 1.807) is 4.90 Å². The molecule has 0 N–H and O–H groups in total. The van der Waals surface area contributed by atoms with E-state index in [-0.39, 0.29) is 29.8 Å². The molecular weight excluding hydrogens is 381 g/mol. The molecule has 1 aromatic rings. The molecule has 0 spiro atoms. The third kappa shape index (κ3) is 5.44. The topological polar surface area (TPSA) is 57.7 Å². The third-order valence-electron chi connectivity index (χ3n) is 5.20. The number of piperazine rings is 1. The van der Waals surface area contributed by atoms with Gasteiger partial charge < -0.3 is 4.90 Å². The normalized spacial score (nSPS) is 23.5. The number of nitrogens with zero attached hydrogens (tertiary/aromatic N) is 2. The Balaban J connectivity index is 1.45. The standard InChI is InChI=1S/C18H23F3N2O3S/c19-18(20,21)16-3-1-14(2-4-16)12-22-6-8-23(9-7-22)17(24)11-15-5-10-27(25,26)13-15/h1-4,15H,5-13H2. The number of amides is 1. The average molecular weight is 404 g/mol. The Morgan fingerprint density at radius 1 is 1.07 bits per heavy atom. The fourth-order valence-electron chi connectivity index (χ4n) is 3.62. The minimum atomic E-state index is -4.33. The van der Waals surface area contributed by atoms with Gasteiger partial charge in [-0.25, -0.2) is 8.42 Å². The van der Waals surface area contributed by atoms with Crippen LogP contribution in [-0.2, 0) is 27.4 Å². The molecule has 0 radical (unpaired) electrons. The molecule has 5 nitrogen and oxygen atoms in total. The highest BCUT2D eigenvalue weighted by Crippen LogP contribution is 2.29. The molecule has 150 valence electrons. The fourth-order valence-corrected chi connectivity index (χ4v) is 5.48. The highest BCUT2D eigenvalue weighted by Gasteiger charge is 2.32. The molecule has 0 saturated carbocycles. The van der Waals surface area contributed by atoms with E-state index in [4.69, 9.17) is 0 Å². The summed E-state index contributed by atoms with van der Waals surface area (Å²) in [4.78, 5) is 16.2. The Bertz CT molecular complexity index is 770. The van der Waals surface area contributed by atoms with Crippen molar-refractivity contribution in [3.05, 3.63) is 35.4 Å². The summed E-state index contributed by atoms with van der Waals surface area (Å²) in [6.45, 7) is 2.95. The minimum Gasteiger partial charge on any atom is -0.340 e. The van der Waals surface area contributed by atoms with Crippen LogP contribution in [0.25, 0.3) is 0 Å². The van der Waals surface area contributed by atoms with Gasteiger partial charge in [-0.05, 0) is 30.0 Å². The molecule has 3 rings (SSSR count).